The molecule has 0 aliphatic carbocycles. The number of nitrogens with two attached hydrogens (primary N) is 1. The molecule has 0 bridgehead atoms. The molecule has 0 saturated heterocycles. The summed E-state index contributed by atoms with van der Waals surface area (Å²) in [5, 5.41) is 0. The second-order valence-corrected chi connectivity index (χ2v) is 3.53. The van der Waals surface area contributed by atoms with E-state index in [-0.39, 0.29) is 0 Å². The molecule has 0 aliphatic heterocycles. The van der Waals surface area contributed by atoms with Gasteiger partial charge in [-0.3, -0.25) is 0 Å². The fourth-order valence-electron chi connectivity index (χ4n) is 1.33. The molecule has 1 atom stereocenters. The molecule has 1 nitrogen and oxygen atoms in total. The largest absolute Gasteiger partial charge is 0.330 e. The van der Waals surface area contributed by atoms with Gasteiger partial charge in [-0.15, -0.1) is 0 Å². The minimum atomic E-state index is 0.862. The lowest BCUT2D eigenvalue weighted by Gasteiger charge is -2.09. The van der Waals surface area contributed by atoms with Crippen molar-refractivity contribution in [1.82, 2.24) is 0 Å². The Morgan fingerprint density at radius 1 is 1.09 bits per heavy atom. The Morgan fingerprint density at radius 2 is 1.73 bits per heavy atom. The van der Waals surface area contributed by atoms with Crippen LogP contribution in [0.3, 0.4) is 0 Å². The van der Waals surface area contributed by atoms with Crippen LogP contribution in [0.1, 0.15) is 52.4 Å². The maximum absolute atomic E-state index is 5.41. The molecule has 0 aromatic carbocycles. The van der Waals surface area contributed by atoms with Gasteiger partial charge in [0.25, 0.3) is 0 Å². The first kappa shape index (κ1) is 11.0. The summed E-state index contributed by atoms with van der Waals surface area (Å²) in [4.78, 5) is 0. The van der Waals surface area contributed by atoms with E-state index in [4.69, 9.17) is 5.73 Å². The molecular weight excluding hydrogens is 134 g/mol. The van der Waals surface area contributed by atoms with Crippen LogP contribution < -0.4 is 5.73 Å². The summed E-state index contributed by atoms with van der Waals surface area (Å²) in [5.41, 5.74) is 5.41. The van der Waals surface area contributed by atoms with E-state index in [2.05, 4.69) is 13.8 Å². The van der Waals surface area contributed by atoms with Crippen molar-refractivity contribution >= 4 is 0 Å². The molecule has 0 amide bonds. The zero-order valence-electron chi connectivity index (χ0n) is 8.10. The summed E-state index contributed by atoms with van der Waals surface area (Å²) < 4.78 is 0. The van der Waals surface area contributed by atoms with Crippen LogP contribution in [-0.4, -0.2) is 6.54 Å². The zero-order valence-corrected chi connectivity index (χ0v) is 8.10. The molecule has 68 valence electrons. The second kappa shape index (κ2) is 8.06. The van der Waals surface area contributed by atoms with Crippen molar-refractivity contribution in [2.75, 3.05) is 6.54 Å². The predicted octanol–water partition coefficient (Wildman–Crippen LogP) is 2.94. The Bertz CT molecular complexity index is 71.3. The quantitative estimate of drug-likeness (QED) is 0.565. The first-order valence-electron chi connectivity index (χ1n) is 5.01. The van der Waals surface area contributed by atoms with Gasteiger partial charge in [0.1, 0.15) is 0 Å². The topological polar surface area (TPSA) is 26.0 Å². The smallest absolute Gasteiger partial charge is 0.00773 e. The Balaban J connectivity index is 3.02. The summed E-state index contributed by atoms with van der Waals surface area (Å²) >= 11 is 0. The molecule has 0 saturated carbocycles. The molecule has 0 radical (unpaired) electrons. The van der Waals surface area contributed by atoms with Gasteiger partial charge in [-0.05, 0) is 18.9 Å². The van der Waals surface area contributed by atoms with Crippen molar-refractivity contribution in [2.24, 2.45) is 11.7 Å². The first-order valence-corrected chi connectivity index (χ1v) is 5.01. The number of rotatable bonds is 7. The molecular formula is C10H23N. The van der Waals surface area contributed by atoms with E-state index in [0.717, 1.165) is 12.5 Å². The highest BCUT2D eigenvalue weighted by atomic mass is 14.5. The Hall–Kier alpha value is -0.0400. The van der Waals surface area contributed by atoms with Crippen molar-refractivity contribution in [3.05, 3.63) is 0 Å². The van der Waals surface area contributed by atoms with Gasteiger partial charge in [0, 0.05) is 0 Å². The summed E-state index contributed by atoms with van der Waals surface area (Å²) in [6.45, 7) is 5.47. The van der Waals surface area contributed by atoms with Crippen LogP contribution in [0.25, 0.3) is 0 Å². The molecule has 0 rings (SSSR count). The lowest BCUT2D eigenvalue weighted by Crippen LogP contribution is -2.00. The minimum absolute atomic E-state index is 0.862. The number of hydrogen-bond acceptors (Lipinski definition) is 1. The van der Waals surface area contributed by atoms with Gasteiger partial charge < -0.3 is 5.73 Å². The van der Waals surface area contributed by atoms with Gasteiger partial charge >= 0.3 is 0 Å². The van der Waals surface area contributed by atoms with E-state index < -0.39 is 0 Å². The van der Waals surface area contributed by atoms with Crippen LogP contribution in [0.5, 0.6) is 0 Å². The molecule has 2 N–H and O–H groups in total. The van der Waals surface area contributed by atoms with Crippen LogP contribution in [0.4, 0.5) is 0 Å². The molecule has 0 heterocycles. The third-order valence-electron chi connectivity index (χ3n) is 2.20. The van der Waals surface area contributed by atoms with Gasteiger partial charge in [-0.25, -0.2) is 0 Å². The summed E-state index contributed by atoms with van der Waals surface area (Å²) in [5.74, 6) is 0.918. The fraction of sp³-hybridized carbons (Fsp3) is 1.00. The zero-order chi connectivity index (χ0) is 8.53. The van der Waals surface area contributed by atoms with E-state index in [9.17, 15) is 0 Å². The standard InChI is InChI=1S/C10H23N/c1-3-4-7-10(2)8-5-6-9-11/h10H,3-9,11H2,1-2H3/t10-/m1/s1. The molecule has 11 heavy (non-hydrogen) atoms. The highest BCUT2D eigenvalue weighted by molar-refractivity contribution is 4.53. The summed E-state index contributed by atoms with van der Waals surface area (Å²) in [6, 6.07) is 0. The second-order valence-electron chi connectivity index (χ2n) is 3.53. The van der Waals surface area contributed by atoms with E-state index in [1.54, 1.807) is 0 Å². The number of unbranched alkanes of at least 4 members (excludes halogenated alkanes) is 2. The van der Waals surface area contributed by atoms with E-state index >= 15 is 0 Å². The van der Waals surface area contributed by atoms with Crippen molar-refractivity contribution in [3.8, 4) is 0 Å². The van der Waals surface area contributed by atoms with Crippen molar-refractivity contribution in [2.45, 2.75) is 52.4 Å². The third-order valence-corrected chi connectivity index (χ3v) is 2.20. The van der Waals surface area contributed by atoms with Gasteiger partial charge in [0.05, 0.1) is 0 Å². The van der Waals surface area contributed by atoms with Gasteiger partial charge in [0.15, 0.2) is 0 Å². The van der Waals surface area contributed by atoms with Crippen LogP contribution in [-0.2, 0) is 0 Å². The van der Waals surface area contributed by atoms with Crippen LogP contribution in [0, 0.1) is 5.92 Å². The van der Waals surface area contributed by atoms with E-state index in [0.29, 0.717) is 0 Å². The normalized spacial score (nSPS) is 13.4. The molecule has 0 aromatic heterocycles. The highest BCUT2D eigenvalue weighted by Gasteiger charge is 1.99. The van der Waals surface area contributed by atoms with Gasteiger partial charge in [0.2, 0.25) is 0 Å². The van der Waals surface area contributed by atoms with Crippen molar-refractivity contribution in [1.29, 1.82) is 0 Å². The predicted molar refractivity (Wildman–Crippen MR) is 51.6 cm³/mol. The van der Waals surface area contributed by atoms with Crippen molar-refractivity contribution < 1.29 is 0 Å². The maximum Gasteiger partial charge on any atom is -0.00773 e. The van der Waals surface area contributed by atoms with Crippen LogP contribution >= 0.6 is 0 Å². The van der Waals surface area contributed by atoms with E-state index in [1.807, 2.05) is 0 Å². The number of hydrogen-bond donors (Lipinski definition) is 1. The van der Waals surface area contributed by atoms with Gasteiger partial charge in [-0.1, -0.05) is 46.0 Å². The SMILES string of the molecule is CCCC[C@@H](C)CCCCN. The minimum Gasteiger partial charge on any atom is -0.330 e. The average molecular weight is 157 g/mol. The third kappa shape index (κ3) is 7.86. The lowest BCUT2D eigenvalue weighted by atomic mass is 9.98. The Kier molecular flexibility index (Phi) is 8.03. The monoisotopic (exact) mass is 157 g/mol. The van der Waals surface area contributed by atoms with Crippen LogP contribution in [0.2, 0.25) is 0 Å². The van der Waals surface area contributed by atoms with E-state index in [1.165, 1.54) is 38.5 Å². The van der Waals surface area contributed by atoms with Crippen molar-refractivity contribution in [3.63, 3.8) is 0 Å². The molecule has 0 aliphatic rings. The van der Waals surface area contributed by atoms with Gasteiger partial charge in [-0.2, -0.15) is 0 Å². The lowest BCUT2D eigenvalue weighted by molar-refractivity contribution is 0.451. The highest BCUT2D eigenvalue weighted by Crippen LogP contribution is 2.14. The molecule has 0 spiro atoms. The molecule has 0 unspecified atom stereocenters. The molecule has 0 fully saturated rings. The summed E-state index contributed by atoms with van der Waals surface area (Å²) in [7, 11) is 0. The molecule has 0 aromatic rings. The molecule has 1 heteroatoms. The first-order chi connectivity index (χ1) is 5.31. The summed E-state index contributed by atoms with van der Waals surface area (Å²) in [6.07, 6.45) is 8.03. The maximum atomic E-state index is 5.41. The average Bonchev–Trinajstić information content (AvgIpc) is 2.01. The fourth-order valence-corrected chi connectivity index (χ4v) is 1.33. The Morgan fingerprint density at radius 3 is 2.27 bits per heavy atom. The van der Waals surface area contributed by atoms with Crippen LogP contribution in [0.15, 0.2) is 0 Å². The Labute approximate surface area is 71.4 Å².